The zero-order valence-corrected chi connectivity index (χ0v) is 11.9. The molecule has 0 amide bonds. The van der Waals surface area contributed by atoms with Crippen LogP contribution in [0.15, 0.2) is 51.7 Å². The van der Waals surface area contributed by atoms with E-state index in [0.29, 0.717) is 22.4 Å². The Hall–Kier alpha value is -2.39. The molecular weight excluding hydrogens is 286 g/mol. The van der Waals surface area contributed by atoms with Crippen LogP contribution in [0.3, 0.4) is 0 Å². The highest BCUT2D eigenvalue weighted by Crippen LogP contribution is 2.34. The molecule has 0 aromatic heterocycles. The predicted molar refractivity (Wildman–Crippen MR) is 84.2 cm³/mol. The fourth-order valence-electron chi connectivity index (χ4n) is 2.57. The van der Waals surface area contributed by atoms with Gasteiger partial charge in [-0.25, -0.2) is 4.98 Å². The summed E-state index contributed by atoms with van der Waals surface area (Å²) in [5, 5.41) is 1.40. The molecule has 1 heterocycles. The molecule has 2 aromatic carbocycles. The Morgan fingerprint density at radius 3 is 2.67 bits per heavy atom. The van der Waals surface area contributed by atoms with Crippen LogP contribution < -0.4 is 5.43 Å². The Bertz CT molecular complexity index is 1040. The van der Waals surface area contributed by atoms with Crippen LogP contribution in [-0.4, -0.2) is 4.98 Å². The van der Waals surface area contributed by atoms with Crippen molar-refractivity contribution < 1.29 is 4.42 Å². The average molecular weight is 296 g/mol. The quantitative estimate of drug-likeness (QED) is 0.356. The van der Waals surface area contributed by atoms with Gasteiger partial charge in [-0.05, 0) is 24.6 Å². The minimum Gasteiger partial charge on any atom is -0.451 e. The second-order valence-corrected chi connectivity index (χ2v) is 5.43. The smallest absolute Gasteiger partial charge is 0.208 e. The predicted octanol–water partition coefficient (Wildman–Crippen LogP) is 4.41. The first-order valence-corrected chi connectivity index (χ1v) is 6.94. The van der Waals surface area contributed by atoms with Gasteiger partial charge < -0.3 is 4.42 Å². The third-order valence-corrected chi connectivity index (χ3v) is 3.94. The summed E-state index contributed by atoms with van der Waals surface area (Å²) in [7, 11) is 0. The summed E-state index contributed by atoms with van der Waals surface area (Å²) in [5.41, 5.74) is 2.86. The summed E-state index contributed by atoms with van der Waals surface area (Å²) >= 11 is 6.19. The van der Waals surface area contributed by atoms with Crippen LogP contribution in [-0.2, 0) is 0 Å². The zero-order chi connectivity index (χ0) is 14.6. The molecule has 0 spiro atoms. The van der Waals surface area contributed by atoms with Crippen LogP contribution in [0, 0.1) is 6.92 Å². The molecule has 4 rings (SSSR count). The van der Waals surface area contributed by atoms with Crippen molar-refractivity contribution in [2.24, 2.45) is 0 Å². The summed E-state index contributed by atoms with van der Waals surface area (Å²) in [4.78, 5) is 17.0. The van der Waals surface area contributed by atoms with Gasteiger partial charge in [0.05, 0.1) is 0 Å². The number of aryl methyl sites for hydroxylation is 1. The lowest BCUT2D eigenvalue weighted by atomic mass is 10.0. The van der Waals surface area contributed by atoms with Gasteiger partial charge in [-0.1, -0.05) is 41.9 Å². The average Bonchev–Trinajstić information content (AvgIpc) is 2.51. The Kier molecular flexibility index (Phi) is 2.53. The van der Waals surface area contributed by atoms with Crippen molar-refractivity contribution >= 4 is 33.5 Å². The molecule has 2 aromatic rings. The molecule has 0 bridgehead atoms. The maximum Gasteiger partial charge on any atom is 0.208 e. The first-order chi connectivity index (χ1) is 10.1. The first kappa shape index (κ1) is 12.4. The molecule has 0 atom stereocenters. The maximum absolute atomic E-state index is 12.3. The van der Waals surface area contributed by atoms with Gasteiger partial charge >= 0.3 is 0 Å². The number of nitrogens with zero attached hydrogens (tertiary/aromatic N) is 1. The lowest BCUT2D eigenvalue weighted by Gasteiger charge is -2.11. The summed E-state index contributed by atoms with van der Waals surface area (Å²) in [6, 6.07) is 13.0. The number of aromatic nitrogens is 1. The van der Waals surface area contributed by atoms with E-state index in [0.717, 1.165) is 16.5 Å². The monoisotopic (exact) mass is 295 g/mol. The van der Waals surface area contributed by atoms with E-state index < -0.39 is 0 Å². The highest BCUT2D eigenvalue weighted by Gasteiger charge is 2.20. The second-order valence-electron chi connectivity index (χ2n) is 5.05. The van der Waals surface area contributed by atoms with Crippen LogP contribution >= 0.6 is 11.6 Å². The molecular formula is C17H10ClNO2. The maximum atomic E-state index is 12.3. The molecule has 0 radical (unpaired) electrons. The number of hydrogen-bond acceptors (Lipinski definition) is 3. The Morgan fingerprint density at radius 1 is 1.10 bits per heavy atom. The van der Waals surface area contributed by atoms with E-state index in [4.69, 9.17) is 16.0 Å². The second kappa shape index (κ2) is 4.30. The molecule has 2 aliphatic rings. The van der Waals surface area contributed by atoms with Gasteiger partial charge in [-0.15, -0.1) is 0 Å². The normalized spacial score (nSPS) is 11.5. The molecule has 0 fully saturated rings. The van der Waals surface area contributed by atoms with Crippen molar-refractivity contribution in [2.75, 3.05) is 0 Å². The van der Waals surface area contributed by atoms with Crippen LogP contribution in [0.5, 0.6) is 0 Å². The molecule has 3 nitrogen and oxygen atoms in total. The molecule has 0 saturated carbocycles. The molecule has 0 N–H and O–H groups in total. The molecule has 0 unspecified atom stereocenters. The number of benzene rings is 3. The van der Waals surface area contributed by atoms with E-state index in [2.05, 4.69) is 4.98 Å². The topological polar surface area (TPSA) is 43.1 Å². The van der Waals surface area contributed by atoms with Gasteiger partial charge in [0.1, 0.15) is 16.2 Å². The number of halogens is 1. The van der Waals surface area contributed by atoms with E-state index in [9.17, 15) is 4.79 Å². The van der Waals surface area contributed by atoms with Gasteiger partial charge in [0, 0.05) is 10.8 Å². The van der Waals surface area contributed by atoms with E-state index in [1.54, 1.807) is 6.07 Å². The van der Waals surface area contributed by atoms with Crippen molar-refractivity contribution in [1.29, 1.82) is 0 Å². The van der Waals surface area contributed by atoms with Crippen LogP contribution in [0.25, 0.3) is 33.3 Å². The highest BCUT2D eigenvalue weighted by molar-refractivity contribution is 6.34. The van der Waals surface area contributed by atoms with E-state index in [1.165, 1.54) is 0 Å². The van der Waals surface area contributed by atoms with E-state index in [-0.39, 0.29) is 10.5 Å². The van der Waals surface area contributed by atoms with Crippen molar-refractivity contribution in [3.05, 3.63) is 63.3 Å². The molecule has 21 heavy (non-hydrogen) atoms. The SMILES string of the molecule is Cc1ccc2oc3c(Cl)c(=O)c4ccccc4c-3nc2c1. The minimum absolute atomic E-state index is 0.0821. The number of hydrogen-bond donors (Lipinski definition) is 0. The Labute approximate surface area is 125 Å². The van der Waals surface area contributed by atoms with E-state index >= 15 is 0 Å². The van der Waals surface area contributed by atoms with Crippen molar-refractivity contribution in [1.82, 2.24) is 4.98 Å². The van der Waals surface area contributed by atoms with Crippen LogP contribution in [0.2, 0.25) is 5.02 Å². The third-order valence-electron chi connectivity index (χ3n) is 3.60. The minimum atomic E-state index is -0.225. The Morgan fingerprint density at radius 2 is 1.86 bits per heavy atom. The van der Waals surface area contributed by atoms with Crippen molar-refractivity contribution in [3.8, 4) is 11.5 Å². The number of fused-ring (bicyclic) bond motifs is 4. The standard InChI is InChI=1S/C17H10ClNO2/c1-9-6-7-13-12(8-9)19-15-10-4-2-3-5-11(10)16(20)14(18)17(15)21-13/h2-8H,1H3. The molecule has 1 aliphatic carbocycles. The summed E-state index contributed by atoms with van der Waals surface area (Å²) in [5.74, 6) is 0.344. The number of rotatable bonds is 0. The zero-order valence-electron chi connectivity index (χ0n) is 11.2. The summed E-state index contributed by atoms with van der Waals surface area (Å²) in [6.07, 6.45) is 0. The molecule has 0 saturated heterocycles. The van der Waals surface area contributed by atoms with Crippen LogP contribution in [0.4, 0.5) is 0 Å². The van der Waals surface area contributed by atoms with Gasteiger partial charge in [-0.2, -0.15) is 0 Å². The van der Waals surface area contributed by atoms with Gasteiger partial charge in [0.2, 0.25) is 5.43 Å². The fourth-order valence-corrected chi connectivity index (χ4v) is 2.80. The molecule has 4 heteroatoms. The van der Waals surface area contributed by atoms with Crippen molar-refractivity contribution in [2.45, 2.75) is 6.92 Å². The van der Waals surface area contributed by atoms with Gasteiger partial charge in [0.15, 0.2) is 11.3 Å². The molecule has 102 valence electrons. The summed E-state index contributed by atoms with van der Waals surface area (Å²) in [6.45, 7) is 2.00. The third kappa shape index (κ3) is 1.74. The van der Waals surface area contributed by atoms with E-state index in [1.807, 2.05) is 43.3 Å². The van der Waals surface area contributed by atoms with Gasteiger partial charge in [0.25, 0.3) is 0 Å². The molecule has 1 aliphatic heterocycles. The largest absolute Gasteiger partial charge is 0.451 e. The first-order valence-electron chi connectivity index (χ1n) is 6.56. The Balaban J connectivity index is 2.30. The van der Waals surface area contributed by atoms with Gasteiger partial charge in [-0.3, -0.25) is 4.79 Å². The lowest BCUT2D eigenvalue weighted by molar-refractivity contribution is 0.614. The fraction of sp³-hybridized carbons (Fsp3) is 0.0588. The van der Waals surface area contributed by atoms with Crippen molar-refractivity contribution in [3.63, 3.8) is 0 Å². The highest BCUT2D eigenvalue weighted by atomic mass is 35.5. The lowest BCUT2D eigenvalue weighted by Crippen LogP contribution is -2.06. The van der Waals surface area contributed by atoms with Crippen LogP contribution in [0.1, 0.15) is 5.56 Å². The summed E-state index contributed by atoms with van der Waals surface area (Å²) < 4.78 is 5.83.